The van der Waals surface area contributed by atoms with Gasteiger partial charge in [-0.25, -0.2) is 0 Å². The van der Waals surface area contributed by atoms with Gasteiger partial charge in [-0.1, -0.05) is 93.6 Å². The minimum absolute atomic E-state index is 0.00959. The highest BCUT2D eigenvalue weighted by atomic mass is 16.5. The Morgan fingerprint density at radius 1 is 0.892 bits per heavy atom. The zero-order chi connectivity index (χ0) is 26.8. The van der Waals surface area contributed by atoms with Crippen LogP contribution < -0.4 is 10.1 Å². The van der Waals surface area contributed by atoms with Gasteiger partial charge in [0.05, 0.1) is 0 Å². The molecule has 0 aliphatic carbocycles. The van der Waals surface area contributed by atoms with E-state index in [1.54, 1.807) is 4.90 Å². The van der Waals surface area contributed by atoms with Crippen LogP contribution in [0.4, 0.5) is 0 Å². The van der Waals surface area contributed by atoms with Gasteiger partial charge in [-0.15, -0.1) is 0 Å². The summed E-state index contributed by atoms with van der Waals surface area (Å²) in [6.07, 6.45) is 1.23. The van der Waals surface area contributed by atoms with Gasteiger partial charge in [-0.2, -0.15) is 0 Å². The average Bonchev–Trinajstić information content (AvgIpc) is 2.90. The van der Waals surface area contributed by atoms with Crippen LogP contribution in [0, 0.1) is 6.92 Å². The van der Waals surface area contributed by atoms with Gasteiger partial charge in [0.15, 0.2) is 6.61 Å². The lowest BCUT2D eigenvalue weighted by Crippen LogP contribution is -2.53. The third-order valence-electron chi connectivity index (χ3n) is 6.77. The Labute approximate surface area is 221 Å². The van der Waals surface area contributed by atoms with E-state index in [2.05, 4.69) is 19.2 Å². The lowest BCUT2D eigenvalue weighted by Gasteiger charge is -2.32. The van der Waals surface area contributed by atoms with E-state index in [1.807, 2.05) is 99.6 Å². The summed E-state index contributed by atoms with van der Waals surface area (Å²) in [5.74, 6) is 0.594. The minimum Gasteiger partial charge on any atom is -0.483 e. The van der Waals surface area contributed by atoms with Crippen molar-refractivity contribution in [2.24, 2.45) is 0 Å². The molecule has 0 aliphatic heterocycles. The lowest BCUT2D eigenvalue weighted by molar-refractivity contribution is -0.143. The molecule has 3 aromatic carbocycles. The molecule has 0 bridgehead atoms. The number of para-hydroxylation sites is 1. The standard InChI is InChI=1S/C32H40N2O3/c1-6-25(5)33-32(36)29(20-26-15-8-7-9-16-26)34(21-27-17-11-10-14-24(27)4)31(35)22-37-30-19-13-12-18-28(30)23(2)3/h7-19,23,25,29H,6,20-22H2,1-5H3,(H,33,36)/t25-,29-/m0/s1. The van der Waals surface area contributed by atoms with Crippen molar-refractivity contribution in [1.82, 2.24) is 10.2 Å². The first-order valence-corrected chi connectivity index (χ1v) is 13.2. The van der Waals surface area contributed by atoms with Crippen LogP contribution in [0.1, 0.15) is 62.3 Å². The Balaban J connectivity index is 1.95. The number of ether oxygens (including phenoxy) is 1. The van der Waals surface area contributed by atoms with Gasteiger partial charge in [0.25, 0.3) is 5.91 Å². The normalized spacial score (nSPS) is 12.6. The SMILES string of the molecule is CC[C@H](C)NC(=O)[C@H](Cc1ccccc1)N(Cc1ccccc1C)C(=O)COc1ccccc1C(C)C. The van der Waals surface area contributed by atoms with Gasteiger partial charge in [0, 0.05) is 19.0 Å². The number of nitrogens with one attached hydrogen (secondary N) is 1. The monoisotopic (exact) mass is 500 g/mol. The first-order valence-electron chi connectivity index (χ1n) is 13.2. The summed E-state index contributed by atoms with van der Waals surface area (Å²) >= 11 is 0. The fourth-order valence-corrected chi connectivity index (χ4v) is 4.28. The zero-order valence-electron chi connectivity index (χ0n) is 22.7. The molecule has 0 spiro atoms. The molecule has 3 rings (SSSR count). The molecule has 37 heavy (non-hydrogen) atoms. The second kappa shape index (κ2) is 13.6. The Morgan fingerprint density at radius 3 is 2.22 bits per heavy atom. The van der Waals surface area contributed by atoms with Crippen molar-refractivity contribution in [2.75, 3.05) is 6.61 Å². The molecule has 2 amide bonds. The van der Waals surface area contributed by atoms with Crippen molar-refractivity contribution < 1.29 is 14.3 Å². The number of rotatable bonds is 12. The number of amides is 2. The van der Waals surface area contributed by atoms with Crippen molar-refractivity contribution in [2.45, 2.75) is 72.0 Å². The molecule has 0 radical (unpaired) electrons. The van der Waals surface area contributed by atoms with Crippen LogP contribution >= 0.6 is 0 Å². The van der Waals surface area contributed by atoms with Gasteiger partial charge < -0.3 is 15.0 Å². The maximum atomic E-state index is 13.8. The maximum Gasteiger partial charge on any atom is 0.261 e. The van der Waals surface area contributed by atoms with Crippen molar-refractivity contribution in [3.05, 3.63) is 101 Å². The van der Waals surface area contributed by atoms with Crippen molar-refractivity contribution >= 4 is 11.8 Å². The molecular formula is C32H40N2O3. The fourth-order valence-electron chi connectivity index (χ4n) is 4.28. The van der Waals surface area contributed by atoms with E-state index in [0.717, 1.165) is 28.7 Å². The number of hydrogen-bond acceptors (Lipinski definition) is 3. The topological polar surface area (TPSA) is 58.6 Å². The molecule has 0 aliphatic rings. The van der Waals surface area contributed by atoms with Crippen LogP contribution in [0.25, 0.3) is 0 Å². The molecule has 1 N–H and O–H groups in total. The van der Waals surface area contributed by atoms with E-state index in [-0.39, 0.29) is 30.4 Å². The number of aryl methyl sites for hydroxylation is 1. The highest BCUT2D eigenvalue weighted by Gasteiger charge is 2.31. The second-order valence-corrected chi connectivity index (χ2v) is 9.95. The highest BCUT2D eigenvalue weighted by Crippen LogP contribution is 2.26. The Kier molecular flexibility index (Phi) is 10.3. The summed E-state index contributed by atoms with van der Waals surface area (Å²) in [6, 6.07) is 25.0. The van der Waals surface area contributed by atoms with E-state index in [0.29, 0.717) is 18.7 Å². The summed E-state index contributed by atoms with van der Waals surface area (Å²) in [5.41, 5.74) is 4.14. The number of nitrogens with zero attached hydrogens (tertiary/aromatic N) is 1. The average molecular weight is 501 g/mol. The molecule has 0 saturated heterocycles. The summed E-state index contributed by atoms with van der Waals surface area (Å²) in [6.45, 7) is 10.4. The number of carbonyl (C=O) groups excluding carboxylic acids is 2. The van der Waals surface area contributed by atoms with Crippen LogP contribution in [-0.4, -0.2) is 35.4 Å². The molecule has 2 atom stereocenters. The maximum absolute atomic E-state index is 13.8. The molecular weight excluding hydrogens is 460 g/mol. The summed E-state index contributed by atoms with van der Waals surface area (Å²) in [4.78, 5) is 29.1. The highest BCUT2D eigenvalue weighted by molar-refractivity contribution is 5.88. The third kappa shape index (κ3) is 7.94. The molecule has 5 nitrogen and oxygen atoms in total. The molecule has 0 unspecified atom stereocenters. The Bertz CT molecular complexity index is 1160. The van der Waals surface area contributed by atoms with Crippen LogP contribution in [0.3, 0.4) is 0 Å². The quantitative estimate of drug-likeness (QED) is 0.329. The predicted molar refractivity (Wildman–Crippen MR) is 150 cm³/mol. The molecule has 0 fully saturated rings. The number of carbonyl (C=O) groups is 2. The second-order valence-electron chi connectivity index (χ2n) is 9.95. The molecule has 5 heteroatoms. The molecule has 0 aromatic heterocycles. The summed E-state index contributed by atoms with van der Waals surface area (Å²) in [5, 5.41) is 3.11. The minimum atomic E-state index is -0.674. The van der Waals surface area contributed by atoms with Crippen LogP contribution in [0.5, 0.6) is 5.75 Å². The summed E-state index contributed by atoms with van der Waals surface area (Å²) in [7, 11) is 0. The lowest BCUT2D eigenvalue weighted by atomic mass is 10.0. The van der Waals surface area contributed by atoms with Crippen molar-refractivity contribution in [3.63, 3.8) is 0 Å². The van der Waals surface area contributed by atoms with Crippen LogP contribution in [-0.2, 0) is 22.6 Å². The molecule has 0 saturated carbocycles. The van der Waals surface area contributed by atoms with Crippen LogP contribution in [0.15, 0.2) is 78.9 Å². The first kappa shape index (κ1) is 28.0. The number of hydrogen-bond donors (Lipinski definition) is 1. The van der Waals surface area contributed by atoms with Crippen LogP contribution in [0.2, 0.25) is 0 Å². The van der Waals surface area contributed by atoms with Gasteiger partial charge in [0.2, 0.25) is 5.91 Å². The zero-order valence-corrected chi connectivity index (χ0v) is 22.7. The van der Waals surface area contributed by atoms with E-state index in [1.165, 1.54) is 0 Å². The fraction of sp³-hybridized carbons (Fsp3) is 0.375. The Morgan fingerprint density at radius 2 is 1.54 bits per heavy atom. The largest absolute Gasteiger partial charge is 0.483 e. The van der Waals surface area contributed by atoms with Gasteiger partial charge in [-0.05, 0) is 54.5 Å². The Hall–Kier alpha value is -3.60. The smallest absolute Gasteiger partial charge is 0.261 e. The van der Waals surface area contributed by atoms with Crippen molar-refractivity contribution in [1.29, 1.82) is 0 Å². The van der Waals surface area contributed by atoms with E-state index < -0.39 is 6.04 Å². The summed E-state index contributed by atoms with van der Waals surface area (Å²) < 4.78 is 6.07. The predicted octanol–water partition coefficient (Wildman–Crippen LogP) is 6.05. The molecule has 3 aromatic rings. The van der Waals surface area contributed by atoms with Gasteiger partial charge in [-0.3, -0.25) is 9.59 Å². The third-order valence-corrected chi connectivity index (χ3v) is 6.77. The van der Waals surface area contributed by atoms with E-state index in [9.17, 15) is 9.59 Å². The van der Waals surface area contributed by atoms with E-state index >= 15 is 0 Å². The molecule has 0 heterocycles. The van der Waals surface area contributed by atoms with Gasteiger partial charge >= 0.3 is 0 Å². The van der Waals surface area contributed by atoms with Crippen molar-refractivity contribution in [3.8, 4) is 5.75 Å². The molecule has 196 valence electrons. The van der Waals surface area contributed by atoms with E-state index in [4.69, 9.17) is 4.74 Å². The number of benzene rings is 3. The van der Waals surface area contributed by atoms with Gasteiger partial charge in [0.1, 0.15) is 11.8 Å². The first-order chi connectivity index (χ1) is 17.8.